The first-order chi connectivity index (χ1) is 11.3. The van der Waals surface area contributed by atoms with Gasteiger partial charge in [-0.05, 0) is 12.5 Å². The Morgan fingerprint density at radius 2 is 2.29 bits per heavy atom. The van der Waals surface area contributed by atoms with Crippen molar-refractivity contribution in [3.05, 3.63) is 45.9 Å². The van der Waals surface area contributed by atoms with Gasteiger partial charge in [0.05, 0.1) is 23.4 Å². The van der Waals surface area contributed by atoms with Crippen LogP contribution >= 0.6 is 35.3 Å². The highest BCUT2D eigenvalue weighted by Crippen LogP contribution is 2.31. The summed E-state index contributed by atoms with van der Waals surface area (Å²) in [6, 6.07) is 8.22. The number of benzene rings is 1. The predicted octanol–water partition coefficient (Wildman–Crippen LogP) is 3.29. The molecular weight excluding hydrogens is 435 g/mol. The van der Waals surface area contributed by atoms with E-state index >= 15 is 0 Å². The van der Waals surface area contributed by atoms with Crippen LogP contribution in [0.5, 0.6) is 5.75 Å². The number of aromatic nitrogens is 1. The van der Waals surface area contributed by atoms with Gasteiger partial charge in [-0.3, -0.25) is 4.99 Å². The van der Waals surface area contributed by atoms with Crippen molar-refractivity contribution in [2.75, 3.05) is 13.2 Å². The third-order valence-electron chi connectivity index (χ3n) is 3.83. The highest BCUT2D eigenvalue weighted by atomic mass is 127. The second-order valence-electron chi connectivity index (χ2n) is 5.47. The van der Waals surface area contributed by atoms with Crippen molar-refractivity contribution in [2.24, 2.45) is 10.7 Å². The van der Waals surface area contributed by atoms with Crippen LogP contribution in [0.4, 0.5) is 0 Å². The van der Waals surface area contributed by atoms with Crippen LogP contribution in [0, 0.1) is 0 Å². The lowest BCUT2D eigenvalue weighted by Gasteiger charge is -2.26. The van der Waals surface area contributed by atoms with E-state index in [1.807, 2.05) is 18.2 Å². The van der Waals surface area contributed by atoms with Crippen molar-refractivity contribution < 1.29 is 4.74 Å². The summed E-state index contributed by atoms with van der Waals surface area (Å²) in [5, 5.41) is 6.59. The number of ether oxygens (including phenoxy) is 1. The summed E-state index contributed by atoms with van der Waals surface area (Å²) in [5.74, 6) is 1.41. The zero-order valence-electron chi connectivity index (χ0n) is 13.7. The molecule has 0 fully saturated rings. The number of halogens is 1. The van der Waals surface area contributed by atoms with Crippen molar-refractivity contribution in [1.29, 1.82) is 0 Å². The molecule has 0 saturated carbocycles. The number of para-hydroxylation sites is 1. The van der Waals surface area contributed by atoms with Gasteiger partial charge in [-0.1, -0.05) is 25.1 Å². The minimum absolute atomic E-state index is 0. The maximum Gasteiger partial charge on any atom is 0.189 e. The van der Waals surface area contributed by atoms with E-state index in [1.54, 1.807) is 11.3 Å². The zero-order chi connectivity index (χ0) is 16.1. The molecule has 0 saturated heterocycles. The Bertz CT molecular complexity index is 689. The minimum atomic E-state index is 0. The molecule has 130 valence electrons. The number of thiazole rings is 1. The Hall–Kier alpha value is -1.35. The third-order valence-corrected chi connectivity index (χ3v) is 4.87. The number of aryl methyl sites for hydroxylation is 1. The quantitative estimate of drug-likeness (QED) is 0.410. The zero-order valence-corrected chi connectivity index (χ0v) is 16.8. The van der Waals surface area contributed by atoms with Gasteiger partial charge in [0.2, 0.25) is 0 Å². The van der Waals surface area contributed by atoms with Crippen molar-refractivity contribution in [3.63, 3.8) is 0 Å². The number of guanidine groups is 1. The summed E-state index contributed by atoms with van der Waals surface area (Å²) in [7, 11) is 0. The molecule has 1 atom stereocenters. The van der Waals surface area contributed by atoms with Crippen molar-refractivity contribution >= 4 is 41.3 Å². The Morgan fingerprint density at radius 1 is 1.46 bits per heavy atom. The second-order valence-corrected chi connectivity index (χ2v) is 6.42. The van der Waals surface area contributed by atoms with Gasteiger partial charge in [0.15, 0.2) is 5.96 Å². The fourth-order valence-electron chi connectivity index (χ4n) is 2.63. The molecule has 3 rings (SSSR count). The Balaban J connectivity index is 0.00000208. The highest BCUT2D eigenvalue weighted by Gasteiger charge is 2.21. The maximum atomic E-state index is 6.04. The molecular formula is C17H23IN4OS. The van der Waals surface area contributed by atoms with Gasteiger partial charge in [0.1, 0.15) is 5.75 Å². The van der Waals surface area contributed by atoms with E-state index in [-0.39, 0.29) is 30.0 Å². The largest absolute Gasteiger partial charge is 0.493 e. The number of nitrogens with one attached hydrogen (secondary N) is 1. The molecule has 1 aromatic heterocycles. The van der Waals surface area contributed by atoms with Gasteiger partial charge < -0.3 is 15.8 Å². The number of fused-ring (bicyclic) bond motifs is 1. The van der Waals surface area contributed by atoms with E-state index < -0.39 is 0 Å². The second kappa shape index (κ2) is 9.22. The van der Waals surface area contributed by atoms with Gasteiger partial charge in [-0.25, -0.2) is 4.98 Å². The molecule has 24 heavy (non-hydrogen) atoms. The lowest BCUT2D eigenvalue weighted by atomic mass is 10.0. The number of rotatable bonds is 5. The lowest BCUT2D eigenvalue weighted by molar-refractivity contribution is 0.262. The molecule has 1 aliphatic heterocycles. The maximum absolute atomic E-state index is 6.04. The first-order valence-electron chi connectivity index (χ1n) is 7.97. The normalized spacial score (nSPS) is 16.7. The van der Waals surface area contributed by atoms with Crippen molar-refractivity contribution in [1.82, 2.24) is 10.3 Å². The van der Waals surface area contributed by atoms with Crippen molar-refractivity contribution in [2.45, 2.75) is 32.2 Å². The lowest BCUT2D eigenvalue weighted by Crippen LogP contribution is -2.37. The molecule has 2 aromatic rings. The van der Waals surface area contributed by atoms with Crippen LogP contribution in [0.25, 0.3) is 0 Å². The standard InChI is InChI=1S/C17H22N4OS.HI/c1-2-16-20-12(11-23-16)7-9-19-17(18)21-14-8-10-22-15-6-4-3-5-13(14)15;/h3-6,11,14H,2,7-10H2,1H3,(H3,18,19,21);1H. The van der Waals surface area contributed by atoms with Crippen molar-refractivity contribution in [3.8, 4) is 5.75 Å². The molecule has 0 radical (unpaired) electrons. The fraction of sp³-hybridized carbons (Fsp3) is 0.412. The number of hydrogen-bond donors (Lipinski definition) is 2. The van der Waals surface area contributed by atoms with Crippen LogP contribution in [-0.4, -0.2) is 24.1 Å². The summed E-state index contributed by atoms with van der Waals surface area (Å²) in [6.45, 7) is 3.46. The van der Waals surface area contributed by atoms with Gasteiger partial charge in [0.25, 0.3) is 0 Å². The highest BCUT2D eigenvalue weighted by molar-refractivity contribution is 14.0. The SMILES string of the molecule is CCc1nc(CCN=C(N)NC2CCOc3ccccc32)cs1.I. The number of hydrogen-bond acceptors (Lipinski definition) is 4. The van der Waals surface area contributed by atoms with E-state index in [0.29, 0.717) is 19.1 Å². The summed E-state index contributed by atoms with van der Waals surface area (Å²) in [4.78, 5) is 8.97. The van der Waals surface area contributed by atoms with E-state index in [9.17, 15) is 0 Å². The molecule has 0 spiro atoms. The monoisotopic (exact) mass is 458 g/mol. The Morgan fingerprint density at radius 3 is 3.08 bits per heavy atom. The van der Waals surface area contributed by atoms with Crippen LogP contribution < -0.4 is 15.8 Å². The van der Waals surface area contributed by atoms with Gasteiger partial charge in [-0.15, -0.1) is 35.3 Å². The molecule has 1 unspecified atom stereocenters. The summed E-state index contributed by atoms with van der Waals surface area (Å²) in [5.41, 5.74) is 8.28. The minimum Gasteiger partial charge on any atom is -0.493 e. The van der Waals surface area contributed by atoms with Crippen LogP contribution in [0.3, 0.4) is 0 Å². The van der Waals surface area contributed by atoms with E-state index in [1.165, 1.54) is 5.01 Å². The van der Waals surface area contributed by atoms with Gasteiger partial charge in [0, 0.05) is 30.3 Å². The van der Waals surface area contributed by atoms with Gasteiger partial charge >= 0.3 is 0 Å². The van der Waals surface area contributed by atoms with Crippen LogP contribution in [-0.2, 0) is 12.8 Å². The average Bonchev–Trinajstić information content (AvgIpc) is 3.03. The molecule has 1 aromatic carbocycles. The molecule has 0 amide bonds. The number of nitrogens with zero attached hydrogens (tertiary/aromatic N) is 2. The summed E-state index contributed by atoms with van der Waals surface area (Å²) < 4.78 is 5.66. The average molecular weight is 458 g/mol. The summed E-state index contributed by atoms with van der Waals surface area (Å²) >= 11 is 1.71. The van der Waals surface area contributed by atoms with E-state index in [4.69, 9.17) is 10.5 Å². The first kappa shape index (κ1) is 19.0. The summed E-state index contributed by atoms with van der Waals surface area (Å²) in [6.07, 6.45) is 2.70. The van der Waals surface area contributed by atoms with Crippen LogP contribution in [0.15, 0.2) is 34.6 Å². The Labute approximate surface area is 163 Å². The number of aliphatic imine (C=N–C) groups is 1. The molecule has 2 heterocycles. The van der Waals surface area contributed by atoms with E-state index in [2.05, 4.69) is 33.7 Å². The van der Waals surface area contributed by atoms with Crippen LogP contribution in [0.1, 0.15) is 35.7 Å². The van der Waals surface area contributed by atoms with Crippen LogP contribution in [0.2, 0.25) is 0 Å². The molecule has 0 bridgehead atoms. The third kappa shape index (κ3) is 4.83. The molecule has 0 aliphatic carbocycles. The molecule has 5 nitrogen and oxygen atoms in total. The first-order valence-corrected chi connectivity index (χ1v) is 8.85. The van der Waals surface area contributed by atoms with Gasteiger partial charge in [-0.2, -0.15) is 0 Å². The smallest absolute Gasteiger partial charge is 0.189 e. The molecule has 1 aliphatic rings. The fourth-order valence-corrected chi connectivity index (χ4v) is 3.41. The molecule has 7 heteroatoms. The van der Waals surface area contributed by atoms with E-state index in [0.717, 1.165) is 36.3 Å². The topological polar surface area (TPSA) is 72.5 Å². The predicted molar refractivity (Wildman–Crippen MR) is 110 cm³/mol. The number of nitrogens with two attached hydrogens (primary N) is 1. The molecule has 3 N–H and O–H groups in total. The Kier molecular flexibility index (Phi) is 7.29.